The van der Waals surface area contributed by atoms with Gasteiger partial charge in [0.15, 0.2) is 8.32 Å². The van der Waals surface area contributed by atoms with Crippen LogP contribution in [0.25, 0.3) is 0 Å². The predicted molar refractivity (Wildman–Crippen MR) is 81.8 cm³/mol. The van der Waals surface area contributed by atoms with E-state index in [4.69, 9.17) is 8.85 Å². The molecule has 18 heavy (non-hydrogen) atoms. The topological polar surface area (TPSA) is 35.5 Å². The lowest BCUT2D eigenvalue weighted by molar-refractivity contribution is -0.154. The van der Waals surface area contributed by atoms with Crippen LogP contribution in [0.1, 0.15) is 33.6 Å². The summed E-state index contributed by atoms with van der Waals surface area (Å²) in [5.41, 5.74) is 1.61. The number of hydrogen-bond donors (Lipinski definition) is 0. The van der Waals surface area contributed by atoms with E-state index in [1.807, 2.05) is 26.5 Å². The number of esters is 1. The molecular formula is C13H28O3Si2. The highest BCUT2D eigenvalue weighted by Gasteiger charge is 2.26. The van der Waals surface area contributed by atoms with Crippen LogP contribution in [0.5, 0.6) is 0 Å². The van der Waals surface area contributed by atoms with Gasteiger partial charge in [-0.25, -0.2) is 0 Å². The molecule has 0 aromatic carbocycles. The summed E-state index contributed by atoms with van der Waals surface area (Å²) in [4.78, 5) is 11.7. The van der Waals surface area contributed by atoms with Crippen LogP contribution in [0.2, 0.25) is 19.1 Å². The number of rotatable bonds is 9. The summed E-state index contributed by atoms with van der Waals surface area (Å²) in [6.07, 6.45) is 1.72. The van der Waals surface area contributed by atoms with Gasteiger partial charge < -0.3 is 8.85 Å². The minimum atomic E-state index is -1.58. The minimum Gasteiger partial charge on any atom is -0.465 e. The van der Waals surface area contributed by atoms with Gasteiger partial charge in [0.25, 0.3) is 0 Å². The van der Waals surface area contributed by atoms with E-state index in [0.717, 1.165) is 18.9 Å². The first kappa shape index (κ1) is 17.6. The second kappa shape index (κ2) is 7.91. The Balaban J connectivity index is 3.64. The van der Waals surface area contributed by atoms with Crippen molar-refractivity contribution >= 4 is 24.0 Å². The maximum absolute atomic E-state index is 11.7. The second-order valence-corrected chi connectivity index (χ2v) is 11.6. The van der Waals surface area contributed by atoms with Crippen LogP contribution in [0.3, 0.4) is 0 Å². The molecule has 5 heteroatoms. The average Bonchev–Trinajstić information content (AvgIpc) is 2.33. The summed E-state index contributed by atoms with van der Waals surface area (Å²) in [7, 11) is -2.07. The maximum atomic E-state index is 11.7. The Morgan fingerprint density at radius 1 is 1.44 bits per heavy atom. The molecule has 0 saturated carbocycles. The highest BCUT2D eigenvalue weighted by molar-refractivity contribution is 6.79. The molecule has 0 saturated heterocycles. The van der Waals surface area contributed by atoms with Crippen molar-refractivity contribution in [1.29, 1.82) is 0 Å². The number of carbonyl (C=O) groups is 1. The van der Waals surface area contributed by atoms with Gasteiger partial charge in [-0.1, -0.05) is 12.6 Å². The van der Waals surface area contributed by atoms with E-state index in [9.17, 15) is 4.79 Å². The lowest BCUT2D eigenvalue weighted by Crippen LogP contribution is -2.29. The highest BCUT2D eigenvalue weighted by Crippen LogP contribution is 2.21. The smallest absolute Gasteiger partial charge is 0.311 e. The molecule has 0 atom stereocenters. The highest BCUT2D eigenvalue weighted by atomic mass is 28.4. The van der Waals surface area contributed by atoms with Crippen molar-refractivity contribution < 1.29 is 13.6 Å². The van der Waals surface area contributed by atoms with Crippen LogP contribution in [-0.4, -0.2) is 30.7 Å². The van der Waals surface area contributed by atoms with Crippen LogP contribution in [0.15, 0.2) is 12.3 Å². The average molecular weight is 289 g/mol. The SMILES string of the molecule is C=C[Si](C)(C)O[SiH2]CCCOC(=O)C(C)(C)CC. The molecule has 0 aliphatic rings. The van der Waals surface area contributed by atoms with Crippen molar-refractivity contribution in [2.24, 2.45) is 5.41 Å². The van der Waals surface area contributed by atoms with Gasteiger partial charge in [-0.3, -0.25) is 4.79 Å². The molecule has 106 valence electrons. The van der Waals surface area contributed by atoms with Crippen LogP contribution in [-0.2, 0) is 13.6 Å². The van der Waals surface area contributed by atoms with Crippen molar-refractivity contribution in [3.8, 4) is 0 Å². The fraction of sp³-hybridized carbons (Fsp3) is 0.769. The molecule has 0 N–H and O–H groups in total. The third kappa shape index (κ3) is 7.13. The van der Waals surface area contributed by atoms with Gasteiger partial charge in [0, 0.05) is 0 Å². The molecule has 3 nitrogen and oxygen atoms in total. The third-order valence-corrected chi connectivity index (χ3v) is 8.74. The van der Waals surface area contributed by atoms with E-state index in [2.05, 4.69) is 19.7 Å². The van der Waals surface area contributed by atoms with Crippen molar-refractivity contribution in [3.05, 3.63) is 12.3 Å². The quantitative estimate of drug-likeness (QED) is 0.372. The molecule has 0 aliphatic heterocycles. The molecule has 0 heterocycles. The Labute approximate surface area is 115 Å². The Kier molecular flexibility index (Phi) is 7.74. The van der Waals surface area contributed by atoms with E-state index in [0.29, 0.717) is 6.61 Å². The first-order valence-corrected chi connectivity index (χ1v) is 11.3. The Morgan fingerprint density at radius 2 is 2.06 bits per heavy atom. The summed E-state index contributed by atoms with van der Waals surface area (Å²) in [6.45, 7) is 14.5. The van der Waals surface area contributed by atoms with Gasteiger partial charge in [-0.05, 0) is 45.8 Å². The molecule has 0 unspecified atom stereocenters. The van der Waals surface area contributed by atoms with Crippen molar-refractivity contribution in [1.82, 2.24) is 0 Å². The van der Waals surface area contributed by atoms with Gasteiger partial charge in [0.1, 0.15) is 9.76 Å². The Bertz CT molecular complexity index is 275. The number of ether oxygens (including phenoxy) is 1. The summed E-state index contributed by atoms with van der Waals surface area (Å²) >= 11 is 0. The Morgan fingerprint density at radius 3 is 2.56 bits per heavy atom. The molecule has 0 radical (unpaired) electrons. The van der Waals surface area contributed by atoms with E-state index in [1.54, 1.807) is 0 Å². The van der Waals surface area contributed by atoms with Crippen LogP contribution in [0, 0.1) is 5.41 Å². The minimum absolute atomic E-state index is 0.0895. The van der Waals surface area contributed by atoms with Crippen molar-refractivity contribution in [3.63, 3.8) is 0 Å². The fourth-order valence-corrected chi connectivity index (χ4v) is 4.66. The number of carbonyl (C=O) groups excluding carboxylic acids is 1. The van der Waals surface area contributed by atoms with Gasteiger partial charge in [0.2, 0.25) is 0 Å². The predicted octanol–water partition coefficient (Wildman–Crippen LogP) is 2.80. The molecule has 0 spiro atoms. The van der Waals surface area contributed by atoms with E-state index >= 15 is 0 Å². The zero-order valence-electron chi connectivity index (χ0n) is 12.5. The summed E-state index contributed by atoms with van der Waals surface area (Å²) in [5.74, 6) is -0.0895. The van der Waals surface area contributed by atoms with Crippen LogP contribution in [0.4, 0.5) is 0 Å². The lowest BCUT2D eigenvalue weighted by atomic mass is 9.91. The van der Waals surface area contributed by atoms with Gasteiger partial charge in [-0.15, -0.1) is 6.58 Å². The van der Waals surface area contributed by atoms with E-state index < -0.39 is 18.1 Å². The standard InChI is InChI=1S/C13H28O3Si2/c1-7-13(3,4)12(14)15-10-9-11-17-16-18(5,6)8-2/h8H,2,7,9-11,17H2,1,3-6H3. The number of hydrogen-bond acceptors (Lipinski definition) is 3. The molecule has 0 aliphatic carbocycles. The third-order valence-electron chi connectivity index (χ3n) is 3.17. The Hall–Kier alpha value is -0.396. The molecule has 0 rings (SSSR count). The first-order chi connectivity index (χ1) is 8.25. The van der Waals surface area contributed by atoms with Gasteiger partial charge >= 0.3 is 5.97 Å². The molecule has 0 aromatic heterocycles. The lowest BCUT2D eigenvalue weighted by Gasteiger charge is -2.20. The second-order valence-electron chi connectivity index (χ2n) is 5.74. The van der Waals surface area contributed by atoms with Crippen LogP contribution < -0.4 is 0 Å². The van der Waals surface area contributed by atoms with Gasteiger partial charge in [-0.2, -0.15) is 0 Å². The monoisotopic (exact) mass is 288 g/mol. The fourth-order valence-electron chi connectivity index (χ4n) is 1.10. The molecule has 0 fully saturated rings. The zero-order valence-corrected chi connectivity index (χ0v) is 15.0. The van der Waals surface area contributed by atoms with Crippen molar-refractivity contribution in [2.45, 2.75) is 52.8 Å². The zero-order chi connectivity index (χ0) is 14.2. The molecule has 0 bridgehead atoms. The molecule has 0 amide bonds. The van der Waals surface area contributed by atoms with E-state index in [-0.39, 0.29) is 11.4 Å². The molecule has 0 aromatic rings. The van der Waals surface area contributed by atoms with Crippen molar-refractivity contribution in [2.75, 3.05) is 6.61 Å². The van der Waals surface area contributed by atoms with Gasteiger partial charge in [0.05, 0.1) is 12.0 Å². The summed E-state index contributed by atoms with van der Waals surface area (Å²) in [6, 6.07) is 1.06. The maximum Gasteiger partial charge on any atom is 0.311 e. The molecular weight excluding hydrogens is 260 g/mol. The first-order valence-electron chi connectivity index (χ1n) is 6.70. The van der Waals surface area contributed by atoms with Crippen LogP contribution >= 0.6 is 0 Å². The largest absolute Gasteiger partial charge is 0.465 e. The summed E-state index contributed by atoms with van der Waals surface area (Å²) in [5, 5.41) is 0. The van der Waals surface area contributed by atoms with E-state index in [1.165, 1.54) is 0 Å². The normalized spacial score (nSPS) is 12.9. The summed E-state index contributed by atoms with van der Waals surface area (Å²) < 4.78 is 11.2.